The monoisotopic (exact) mass is 757 g/mol. The molecule has 0 unspecified atom stereocenters. The van der Waals surface area contributed by atoms with Gasteiger partial charge >= 0.3 is 17.9 Å². The lowest BCUT2D eigenvalue weighted by Gasteiger charge is -2.26. The number of rotatable bonds is 28. The summed E-state index contributed by atoms with van der Waals surface area (Å²) < 4.78 is 0. The third-order valence-corrected chi connectivity index (χ3v) is 8.50. The summed E-state index contributed by atoms with van der Waals surface area (Å²) in [5, 5.41) is 57.1. The maximum atomic E-state index is 12.5. The van der Waals surface area contributed by atoms with Gasteiger partial charge in [0.2, 0.25) is 17.7 Å². The van der Waals surface area contributed by atoms with Crippen LogP contribution in [0.4, 0.5) is 0 Å². The maximum Gasteiger partial charge on any atom is 0.322 e. The molecule has 0 bridgehead atoms. The molecule has 0 spiro atoms. The average molecular weight is 758 g/mol. The van der Waals surface area contributed by atoms with Gasteiger partial charge in [0.05, 0.1) is 13.1 Å². The van der Waals surface area contributed by atoms with Crippen molar-refractivity contribution in [1.29, 1.82) is 0 Å². The summed E-state index contributed by atoms with van der Waals surface area (Å²) in [6.07, 6.45) is 5.62. The minimum Gasteiger partial charge on any atom is -0.508 e. The van der Waals surface area contributed by atoms with Gasteiger partial charge < -0.3 is 41.5 Å². The normalized spacial score (nSPS) is 11.0. The first-order valence-corrected chi connectivity index (χ1v) is 18.3. The highest BCUT2D eigenvalue weighted by molar-refractivity contribution is 5.81. The van der Waals surface area contributed by atoms with E-state index in [1.807, 2.05) is 0 Å². The van der Waals surface area contributed by atoms with Gasteiger partial charge in [-0.3, -0.25) is 38.6 Å². The van der Waals surface area contributed by atoms with E-state index in [0.717, 1.165) is 37.7 Å². The molecule has 0 atom stereocenters. The number of carboxylic acid groups (broad SMARTS) is 3. The zero-order valence-electron chi connectivity index (χ0n) is 31.0. The number of nitrogens with one attached hydrogen (secondary N) is 3. The predicted molar refractivity (Wildman–Crippen MR) is 199 cm³/mol. The Hall–Kier alpha value is -5.22. The van der Waals surface area contributed by atoms with Gasteiger partial charge in [-0.2, -0.15) is 0 Å². The Kier molecular flexibility index (Phi) is 20.7. The summed E-state index contributed by atoms with van der Waals surface area (Å²) >= 11 is 0. The zero-order chi connectivity index (χ0) is 39.9. The van der Waals surface area contributed by atoms with Crippen LogP contribution < -0.4 is 16.0 Å². The molecule has 0 saturated carbocycles. The van der Waals surface area contributed by atoms with Crippen molar-refractivity contribution in [1.82, 2.24) is 25.8 Å². The zero-order valence-corrected chi connectivity index (χ0v) is 31.0. The van der Waals surface area contributed by atoms with Gasteiger partial charge in [0.25, 0.3) is 0 Å². The predicted octanol–water partition coefficient (Wildman–Crippen LogP) is 2.23. The van der Waals surface area contributed by atoms with E-state index in [0.29, 0.717) is 42.6 Å². The number of carbonyl (C=O) groups is 6. The molecule has 0 heterocycles. The Labute approximate surface area is 315 Å². The fraction of sp³-hybridized carbons (Fsp3) is 0.526. The molecule has 0 aliphatic heterocycles. The number of hydrogen-bond donors (Lipinski definition) is 8. The van der Waals surface area contributed by atoms with E-state index < -0.39 is 43.4 Å². The number of hydrogen-bond acceptors (Lipinski definition) is 10. The molecular weight excluding hydrogens is 702 g/mol. The number of nitrogens with zero attached hydrogens (tertiary/aromatic N) is 2. The highest BCUT2D eigenvalue weighted by Crippen LogP contribution is 2.23. The number of aryl methyl sites for hydroxylation is 2. The van der Waals surface area contributed by atoms with Crippen LogP contribution in [0.15, 0.2) is 36.4 Å². The molecule has 0 aliphatic carbocycles. The number of aliphatic carboxylic acids is 3. The number of unbranched alkanes of at least 4 members (excludes halogenated alkanes) is 3. The number of amides is 3. The van der Waals surface area contributed by atoms with Crippen molar-refractivity contribution in [3.8, 4) is 11.5 Å². The van der Waals surface area contributed by atoms with Crippen LogP contribution in [-0.4, -0.2) is 117 Å². The third-order valence-electron chi connectivity index (χ3n) is 8.50. The lowest BCUT2D eigenvalue weighted by atomic mass is 10.0. The first-order valence-electron chi connectivity index (χ1n) is 18.3. The minimum atomic E-state index is -1.17. The van der Waals surface area contributed by atoms with Crippen molar-refractivity contribution in [2.24, 2.45) is 0 Å². The number of benzene rings is 2. The van der Waals surface area contributed by atoms with Gasteiger partial charge in [-0.05, 0) is 55.4 Å². The summed E-state index contributed by atoms with van der Waals surface area (Å²) in [6.45, 7) is 2.15. The van der Waals surface area contributed by atoms with Crippen LogP contribution in [0.5, 0.6) is 11.5 Å². The van der Waals surface area contributed by atoms with E-state index in [1.165, 1.54) is 17.0 Å². The van der Waals surface area contributed by atoms with Crippen LogP contribution in [0.1, 0.15) is 80.5 Å². The Morgan fingerprint density at radius 2 is 1.04 bits per heavy atom. The standard InChI is InChI=1S/C38H55N5O11/c1-2-3-16-39-33(46)7-5-4-6-17-40-34(47)14-10-27-8-12-31(44)29(20-27)23-42(25-37(51)52)18-19-43(26-38(53)54)24-30-21-28(9-13-32(30)45)11-15-35(48)41-22-36(49)50/h8-9,12-13,20-21,44-45H,2-7,10-11,14-19,22-26H2,1H3,(H,39,46)(H,40,47)(H,41,48)(H,49,50)(H,51,52)(H,53,54). The first kappa shape index (κ1) is 44.9. The Bertz CT molecular complexity index is 1550. The van der Waals surface area contributed by atoms with E-state index in [2.05, 4.69) is 22.9 Å². The van der Waals surface area contributed by atoms with Crippen LogP contribution in [0.2, 0.25) is 0 Å². The topological polar surface area (TPSA) is 246 Å². The molecule has 0 radical (unpaired) electrons. The largest absolute Gasteiger partial charge is 0.508 e. The van der Waals surface area contributed by atoms with Crippen LogP contribution in [0, 0.1) is 0 Å². The van der Waals surface area contributed by atoms with Crippen molar-refractivity contribution in [3.63, 3.8) is 0 Å². The van der Waals surface area contributed by atoms with Crippen LogP contribution in [0.3, 0.4) is 0 Å². The number of phenolic OH excluding ortho intramolecular Hbond substituents is 2. The molecule has 54 heavy (non-hydrogen) atoms. The van der Waals surface area contributed by atoms with Gasteiger partial charge in [-0.15, -0.1) is 0 Å². The SMILES string of the molecule is CCCCNC(=O)CCCCCNC(=O)CCc1ccc(O)c(CN(CCN(CC(=O)O)Cc2cc(CCC(=O)NCC(=O)O)ccc2O)CC(=O)O)c1. The molecule has 16 heteroatoms. The molecule has 0 aromatic heterocycles. The van der Waals surface area contributed by atoms with Crippen molar-refractivity contribution in [3.05, 3.63) is 58.7 Å². The Morgan fingerprint density at radius 1 is 0.574 bits per heavy atom. The molecule has 2 rings (SSSR count). The second kappa shape index (κ2) is 24.9. The number of phenols is 2. The fourth-order valence-electron chi connectivity index (χ4n) is 5.59. The number of aromatic hydroxyl groups is 2. The highest BCUT2D eigenvalue weighted by atomic mass is 16.4. The van der Waals surface area contributed by atoms with E-state index in [4.69, 9.17) is 5.11 Å². The summed E-state index contributed by atoms with van der Waals surface area (Å²) in [4.78, 5) is 73.4. The molecule has 3 amide bonds. The maximum absolute atomic E-state index is 12.5. The van der Waals surface area contributed by atoms with E-state index in [9.17, 15) is 49.2 Å². The average Bonchev–Trinajstić information content (AvgIpc) is 3.11. The van der Waals surface area contributed by atoms with E-state index >= 15 is 0 Å². The molecular formula is C38H55N5O11. The van der Waals surface area contributed by atoms with Crippen molar-refractivity contribution >= 4 is 35.6 Å². The van der Waals surface area contributed by atoms with Crippen LogP contribution >= 0.6 is 0 Å². The molecule has 2 aromatic carbocycles. The minimum absolute atomic E-state index is 0.00280. The van der Waals surface area contributed by atoms with E-state index in [1.54, 1.807) is 29.2 Å². The summed E-state index contributed by atoms with van der Waals surface area (Å²) in [6, 6.07) is 9.55. The third kappa shape index (κ3) is 19.6. The summed E-state index contributed by atoms with van der Waals surface area (Å²) in [5.74, 6) is -4.13. The Balaban J connectivity index is 1.95. The molecule has 8 N–H and O–H groups in total. The van der Waals surface area contributed by atoms with Gasteiger partial charge in [-0.1, -0.05) is 44.0 Å². The van der Waals surface area contributed by atoms with E-state index in [-0.39, 0.29) is 68.8 Å². The highest BCUT2D eigenvalue weighted by Gasteiger charge is 2.19. The number of carboxylic acids is 3. The lowest BCUT2D eigenvalue weighted by molar-refractivity contribution is -0.140. The lowest BCUT2D eigenvalue weighted by Crippen LogP contribution is -2.39. The van der Waals surface area contributed by atoms with Crippen LogP contribution in [0.25, 0.3) is 0 Å². The van der Waals surface area contributed by atoms with Gasteiger partial charge in [0.15, 0.2) is 0 Å². The smallest absolute Gasteiger partial charge is 0.322 e. The van der Waals surface area contributed by atoms with Crippen molar-refractivity contribution in [2.75, 3.05) is 45.8 Å². The molecule has 0 aliphatic rings. The second-order valence-corrected chi connectivity index (χ2v) is 13.2. The number of carbonyl (C=O) groups excluding carboxylic acids is 3. The van der Waals surface area contributed by atoms with Crippen molar-refractivity contribution in [2.45, 2.75) is 84.2 Å². The van der Waals surface area contributed by atoms with Gasteiger partial charge in [-0.25, -0.2) is 0 Å². The summed E-state index contributed by atoms with van der Waals surface area (Å²) in [5.41, 5.74) is 2.26. The van der Waals surface area contributed by atoms with Crippen molar-refractivity contribution < 1.29 is 54.3 Å². The van der Waals surface area contributed by atoms with Gasteiger partial charge in [0.1, 0.15) is 18.0 Å². The molecule has 298 valence electrons. The Morgan fingerprint density at radius 3 is 1.50 bits per heavy atom. The molecule has 0 saturated heterocycles. The van der Waals surface area contributed by atoms with Crippen LogP contribution in [-0.2, 0) is 54.7 Å². The first-order chi connectivity index (χ1) is 25.7. The molecule has 16 nitrogen and oxygen atoms in total. The molecule has 0 fully saturated rings. The second-order valence-electron chi connectivity index (χ2n) is 13.2. The fourth-order valence-corrected chi connectivity index (χ4v) is 5.59. The van der Waals surface area contributed by atoms with Gasteiger partial charge in [0, 0.05) is 69.7 Å². The molecule has 2 aromatic rings. The quantitative estimate of drug-likeness (QED) is 0.0581. The summed E-state index contributed by atoms with van der Waals surface area (Å²) in [7, 11) is 0.